The summed E-state index contributed by atoms with van der Waals surface area (Å²) >= 11 is 0. The van der Waals surface area contributed by atoms with Crippen molar-refractivity contribution in [1.82, 2.24) is 14.7 Å². The zero-order valence-corrected chi connectivity index (χ0v) is 13.0. The quantitative estimate of drug-likeness (QED) is 0.837. The Labute approximate surface area is 139 Å². The van der Waals surface area contributed by atoms with Gasteiger partial charge >= 0.3 is 6.18 Å². The molecule has 0 saturated heterocycles. The highest BCUT2D eigenvalue weighted by Crippen LogP contribution is 2.31. The molecular formula is C15H11F3N4O3. The van der Waals surface area contributed by atoms with E-state index < -0.39 is 35.2 Å². The summed E-state index contributed by atoms with van der Waals surface area (Å²) in [7, 11) is 2.58. The van der Waals surface area contributed by atoms with E-state index in [4.69, 9.17) is 0 Å². The fraction of sp³-hybridized carbons (Fsp3) is 0.200. The molecule has 0 radical (unpaired) electrons. The number of rotatable bonds is 2. The van der Waals surface area contributed by atoms with E-state index in [0.29, 0.717) is 0 Å². The van der Waals surface area contributed by atoms with Gasteiger partial charge in [-0.15, -0.1) is 0 Å². The smallest absolute Gasteiger partial charge is 0.322 e. The van der Waals surface area contributed by atoms with E-state index in [2.05, 4.69) is 10.4 Å². The number of carbonyl (C=O) groups is 3. The highest BCUT2D eigenvalue weighted by atomic mass is 19.4. The van der Waals surface area contributed by atoms with Crippen LogP contribution in [-0.4, -0.2) is 39.4 Å². The Bertz CT molecular complexity index is 917. The van der Waals surface area contributed by atoms with E-state index >= 15 is 0 Å². The Morgan fingerprint density at radius 3 is 2.40 bits per heavy atom. The van der Waals surface area contributed by atoms with Crippen LogP contribution in [0.25, 0.3) is 0 Å². The number of hydrogen-bond acceptors (Lipinski definition) is 4. The molecule has 1 aliphatic heterocycles. The Morgan fingerprint density at radius 2 is 1.76 bits per heavy atom. The van der Waals surface area contributed by atoms with Crippen molar-refractivity contribution < 1.29 is 27.6 Å². The minimum atomic E-state index is -4.78. The number of anilines is 1. The van der Waals surface area contributed by atoms with Gasteiger partial charge in [0.1, 0.15) is 0 Å². The van der Waals surface area contributed by atoms with E-state index in [1.165, 1.54) is 32.3 Å². The first-order valence-corrected chi connectivity index (χ1v) is 6.98. The van der Waals surface area contributed by atoms with E-state index in [1.807, 2.05) is 0 Å². The second-order valence-corrected chi connectivity index (χ2v) is 5.45. The Kier molecular flexibility index (Phi) is 3.62. The first-order valence-electron chi connectivity index (χ1n) is 6.98. The number of amides is 3. The van der Waals surface area contributed by atoms with E-state index in [9.17, 15) is 27.6 Å². The molecule has 1 aromatic carbocycles. The number of imide groups is 1. The number of nitrogens with zero attached hydrogens (tertiary/aromatic N) is 3. The fourth-order valence-electron chi connectivity index (χ4n) is 2.50. The first kappa shape index (κ1) is 16.7. The van der Waals surface area contributed by atoms with E-state index in [0.717, 1.165) is 15.8 Å². The Balaban J connectivity index is 1.91. The number of aromatic nitrogens is 2. The average molecular weight is 352 g/mol. The lowest BCUT2D eigenvalue weighted by Gasteiger charge is -2.08. The van der Waals surface area contributed by atoms with Crippen molar-refractivity contribution in [1.29, 1.82) is 0 Å². The zero-order valence-electron chi connectivity index (χ0n) is 13.0. The molecule has 1 aliphatic rings. The number of carbonyl (C=O) groups excluding carboxylic acids is 3. The van der Waals surface area contributed by atoms with Gasteiger partial charge < -0.3 is 5.32 Å². The third-order valence-corrected chi connectivity index (χ3v) is 3.69. The van der Waals surface area contributed by atoms with E-state index in [1.54, 1.807) is 0 Å². The minimum Gasteiger partial charge on any atom is -0.322 e. The highest BCUT2D eigenvalue weighted by Gasteiger charge is 2.39. The van der Waals surface area contributed by atoms with Gasteiger partial charge in [-0.25, -0.2) is 0 Å². The minimum absolute atomic E-state index is 0.0764. The molecule has 1 N–H and O–H groups in total. The number of benzene rings is 1. The van der Waals surface area contributed by atoms with Crippen LogP contribution in [0.2, 0.25) is 0 Å². The summed E-state index contributed by atoms with van der Waals surface area (Å²) in [5.74, 6) is -2.05. The Morgan fingerprint density at radius 1 is 1.12 bits per heavy atom. The maximum absolute atomic E-state index is 12.9. The van der Waals surface area contributed by atoms with Gasteiger partial charge in [0.15, 0.2) is 5.69 Å². The van der Waals surface area contributed by atoms with Gasteiger partial charge in [-0.3, -0.25) is 24.0 Å². The molecule has 3 amide bonds. The van der Waals surface area contributed by atoms with Crippen LogP contribution < -0.4 is 5.32 Å². The summed E-state index contributed by atoms with van der Waals surface area (Å²) in [6.45, 7) is 0. The van der Waals surface area contributed by atoms with Crippen molar-refractivity contribution in [3.8, 4) is 0 Å². The SMILES string of the molecule is CN1C(=O)c2ccc(NC(=O)c3cn(C)nc3C(F)(F)F)cc2C1=O. The van der Waals surface area contributed by atoms with Gasteiger partial charge in [0.2, 0.25) is 0 Å². The van der Waals surface area contributed by atoms with Crippen LogP contribution in [0.1, 0.15) is 36.8 Å². The molecule has 0 aliphatic carbocycles. The number of nitrogens with one attached hydrogen (secondary N) is 1. The van der Waals surface area contributed by atoms with Crippen LogP contribution in [0.15, 0.2) is 24.4 Å². The number of aryl methyl sites for hydroxylation is 1. The standard InChI is InChI=1S/C15H11F3N4O3/c1-21-6-10(11(20-21)15(16,17)18)12(23)19-7-3-4-8-9(5-7)14(25)22(2)13(8)24/h3-6H,1-2H3,(H,19,23). The van der Waals surface area contributed by atoms with Gasteiger partial charge in [0.05, 0.1) is 16.7 Å². The van der Waals surface area contributed by atoms with Crippen molar-refractivity contribution in [2.24, 2.45) is 7.05 Å². The lowest BCUT2D eigenvalue weighted by atomic mass is 10.1. The summed E-state index contributed by atoms with van der Waals surface area (Å²) in [5.41, 5.74) is -1.61. The predicted octanol–water partition coefficient (Wildman–Crippen LogP) is 1.92. The molecule has 2 heterocycles. The summed E-state index contributed by atoms with van der Waals surface area (Å²) in [6, 6.07) is 3.92. The molecule has 0 fully saturated rings. The van der Waals surface area contributed by atoms with Crippen molar-refractivity contribution in [2.45, 2.75) is 6.18 Å². The molecule has 10 heteroatoms. The summed E-state index contributed by atoms with van der Waals surface area (Å²) < 4.78 is 39.7. The van der Waals surface area contributed by atoms with Gasteiger partial charge in [-0.1, -0.05) is 0 Å². The molecule has 2 aromatic rings. The average Bonchev–Trinajstić information content (AvgIpc) is 3.03. The largest absolute Gasteiger partial charge is 0.435 e. The summed E-state index contributed by atoms with van der Waals surface area (Å²) in [4.78, 5) is 36.8. The number of halogens is 3. The van der Waals surface area contributed by atoms with Gasteiger partial charge in [0, 0.05) is 26.0 Å². The maximum atomic E-state index is 12.9. The molecule has 7 nitrogen and oxygen atoms in total. The van der Waals surface area contributed by atoms with Crippen LogP contribution >= 0.6 is 0 Å². The van der Waals surface area contributed by atoms with Crippen molar-refractivity contribution in [2.75, 3.05) is 12.4 Å². The topological polar surface area (TPSA) is 84.3 Å². The number of hydrogen-bond donors (Lipinski definition) is 1. The maximum Gasteiger partial charge on any atom is 0.435 e. The second-order valence-electron chi connectivity index (χ2n) is 5.45. The lowest BCUT2D eigenvalue weighted by molar-refractivity contribution is -0.141. The molecule has 0 bridgehead atoms. The van der Waals surface area contributed by atoms with Crippen LogP contribution in [0.3, 0.4) is 0 Å². The molecule has 0 spiro atoms. The van der Waals surface area contributed by atoms with Crippen molar-refractivity contribution in [3.63, 3.8) is 0 Å². The first-order chi connectivity index (χ1) is 11.6. The van der Waals surface area contributed by atoms with Crippen molar-refractivity contribution in [3.05, 3.63) is 46.8 Å². The van der Waals surface area contributed by atoms with Gasteiger partial charge in [-0.2, -0.15) is 18.3 Å². The molecule has 0 unspecified atom stereocenters. The normalized spacial score (nSPS) is 14.0. The van der Waals surface area contributed by atoms with Crippen molar-refractivity contribution >= 4 is 23.4 Å². The fourth-order valence-corrected chi connectivity index (χ4v) is 2.50. The molecular weight excluding hydrogens is 341 g/mol. The van der Waals surface area contributed by atoms with E-state index in [-0.39, 0.29) is 16.8 Å². The second kappa shape index (κ2) is 5.43. The van der Waals surface area contributed by atoms with Crippen LogP contribution in [0.5, 0.6) is 0 Å². The molecule has 0 atom stereocenters. The Hall–Kier alpha value is -3.17. The third-order valence-electron chi connectivity index (χ3n) is 3.69. The van der Waals surface area contributed by atoms with Gasteiger partial charge in [0.25, 0.3) is 17.7 Å². The highest BCUT2D eigenvalue weighted by molar-refractivity contribution is 6.21. The lowest BCUT2D eigenvalue weighted by Crippen LogP contribution is -2.24. The van der Waals surface area contributed by atoms with Crippen LogP contribution in [0, 0.1) is 0 Å². The molecule has 0 saturated carbocycles. The monoisotopic (exact) mass is 352 g/mol. The third kappa shape index (κ3) is 2.75. The van der Waals surface area contributed by atoms with Gasteiger partial charge in [-0.05, 0) is 18.2 Å². The zero-order chi connectivity index (χ0) is 18.5. The number of fused-ring (bicyclic) bond motifs is 1. The van der Waals surface area contributed by atoms with Crippen LogP contribution in [-0.2, 0) is 13.2 Å². The molecule has 130 valence electrons. The predicted molar refractivity (Wildman–Crippen MR) is 79.0 cm³/mol. The summed E-state index contributed by atoms with van der Waals surface area (Å²) in [6.07, 6.45) is -3.83. The molecule has 3 rings (SSSR count). The summed E-state index contributed by atoms with van der Waals surface area (Å²) in [5, 5.41) is 5.55. The molecule has 25 heavy (non-hydrogen) atoms. The molecule has 1 aromatic heterocycles. The van der Waals surface area contributed by atoms with Crippen LogP contribution in [0.4, 0.5) is 18.9 Å². The number of alkyl halides is 3.